The summed E-state index contributed by atoms with van der Waals surface area (Å²) in [6.07, 6.45) is 0. The second-order valence-corrected chi connectivity index (χ2v) is 9.37. The number of hydrogen-bond donors (Lipinski definition) is 3. The normalized spacial score (nSPS) is 11.9. The molecule has 0 bridgehead atoms. The van der Waals surface area contributed by atoms with Gasteiger partial charge in [0.25, 0.3) is 11.5 Å². The Bertz CT molecular complexity index is 1280. The number of nitrogens with one attached hydrogen (secondary N) is 3. The standard InChI is InChI=1S/C27H31N5O4/c1-18(32-23(33)15-14-22(31-32)19-8-6-5-7-9-19)24(34)28-16-17-29-25(35)20-10-12-21(13-11-20)30-26(36)27(2,3)4/h5-15,18H,16-17H2,1-4H3,(H,28,34)(H,29,35)(H,30,36). The Morgan fingerprint density at radius 3 is 2.17 bits per heavy atom. The predicted molar refractivity (Wildman–Crippen MR) is 139 cm³/mol. The van der Waals surface area contributed by atoms with E-state index in [-0.39, 0.29) is 36.4 Å². The number of nitrogens with zero attached hydrogens (tertiary/aromatic N) is 2. The number of rotatable bonds is 8. The third-order valence-electron chi connectivity index (χ3n) is 5.44. The van der Waals surface area contributed by atoms with Crippen LogP contribution in [0, 0.1) is 5.41 Å². The number of aromatic nitrogens is 2. The van der Waals surface area contributed by atoms with Gasteiger partial charge in [-0.15, -0.1) is 0 Å². The van der Waals surface area contributed by atoms with Gasteiger partial charge in [0.15, 0.2) is 0 Å². The van der Waals surface area contributed by atoms with Crippen LogP contribution in [-0.4, -0.2) is 40.6 Å². The average Bonchev–Trinajstić information content (AvgIpc) is 2.86. The van der Waals surface area contributed by atoms with E-state index in [0.29, 0.717) is 16.9 Å². The first kappa shape index (κ1) is 26.3. The summed E-state index contributed by atoms with van der Waals surface area (Å²) >= 11 is 0. The van der Waals surface area contributed by atoms with Gasteiger partial charge in [0.05, 0.1) is 5.69 Å². The Balaban J connectivity index is 1.50. The maximum atomic E-state index is 12.6. The van der Waals surface area contributed by atoms with E-state index in [1.54, 1.807) is 37.3 Å². The van der Waals surface area contributed by atoms with Crippen LogP contribution in [0.15, 0.2) is 71.5 Å². The van der Waals surface area contributed by atoms with E-state index in [4.69, 9.17) is 0 Å². The number of carbonyl (C=O) groups is 3. The number of hydrogen-bond acceptors (Lipinski definition) is 5. The molecular formula is C27H31N5O4. The van der Waals surface area contributed by atoms with Gasteiger partial charge in [-0.2, -0.15) is 5.10 Å². The van der Waals surface area contributed by atoms with Gasteiger partial charge in [-0.3, -0.25) is 19.2 Å². The van der Waals surface area contributed by atoms with E-state index in [2.05, 4.69) is 21.0 Å². The molecule has 2 aromatic carbocycles. The molecular weight excluding hydrogens is 458 g/mol. The van der Waals surface area contributed by atoms with E-state index in [1.165, 1.54) is 6.07 Å². The summed E-state index contributed by atoms with van der Waals surface area (Å²) in [5, 5.41) is 12.6. The maximum Gasteiger partial charge on any atom is 0.267 e. The van der Waals surface area contributed by atoms with Crippen LogP contribution in [0.4, 0.5) is 5.69 Å². The quantitative estimate of drug-likeness (QED) is 0.420. The average molecular weight is 490 g/mol. The lowest BCUT2D eigenvalue weighted by atomic mass is 9.95. The second kappa shape index (κ2) is 11.4. The fourth-order valence-corrected chi connectivity index (χ4v) is 3.21. The molecule has 9 heteroatoms. The molecule has 0 aliphatic rings. The van der Waals surface area contributed by atoms with Gasteiger partial charge in [0, 0.05) is 41.4 Å². The predicted octanol–water partition coefficient (Wildman–Crippen LogP) is 3.00. The first-order chi connectivity index (χ1) is 17.1. The van der Waals surface area contributed by atoms with Crippen molar-refractivity contribution in [3.63, 3.8) is 0 Å². The van der Waals surface area contributed by atoms with Crippen molar-refractivity contribution in [2.24, 2.45) is 5.41 Å². The van der Waals surface area contributed by atoms with E-state index < -0.39 is 11.5 Å². The molecule has 188 valence electrons. The van der Waals surface area contributed by atoms with Crippen LogP contribution in [0.5, 0.6) is 0 Å². The SMILES string of the molecule is CC(C(=O)NCCNC(=O)c1ccc(NC(=O)C(C)(C)C)cc1)n1nc(-c2ccccc2)ccc1=O. The van der Waals surface area contributed by atoms with Gasteiger partial charge < -0.3 is 16.0 Å². The maximum absolute atomic E-state index is 12.6. The van der Waals surface area contributed by atoms with Crippen molar-refractivity contribution in [2.45, 2.75) is 33.7 Å². The first-order valence-corrected chi connectivity index (χ1v) is 11.7. The Morgan fingerprint density at radius 1 is 0.889 bits per heavy atom. The highest BCUT2D eigenvalue weighted by Gasteiger charge is 2.21. The molecule has 9 nitrogen and oxygen atoms in total. The lowest BCUT2D eigenvalue weighted by Crippen LogP contribution is -2.40. The molecule has 3 amide bonds. The molecule has 0 saturated heterocycles. The van der Waals surface area contributed by atoms with E-state index in [9.17, 15) is 19.2 Å². The van der Waals surface area contributed by atoms with Crippen LogP contribution in [0.3, 0.4) is 0 Å². The van der Waals surface area contributed by atoms with Crippen LogP contribution < -0.4 is 21.5 Å². The highest BCUT2D eigenvalue weighted by atomic mass is 16.2. The summed E-state index contributed by atoms with van der Waals surface area (Å²) in [4.78, 5) is 49.4. The molecule has 1 heterocycles. The van der Waals surface area contributed by atoms with Crippen LogP contribution in [0.25, 0.3) is 11.3 Å². The third-order valence-corrected chi connectivity index (χ3v) is 5.44. The molecule has 3 N–H and O–H groups in total. The van der Waals surface area contributed by atoms with Gasteiger partial charge in [-0.25, -0.2) is 4.68 Å². The molecule has 0 fully saturated rings. The van der Waals surface area contributed by atoms with Crippen LogP contribution in [-0.2, 0) is 9.59 Å². The zero-order valence-corrected chi connectivity index (χ0v) is 20.9. The molecule has 0 aliphatic heterocycles. The zero-order valence-electron chi connectivity index (χ0n) is 20.9. The van der Waals surface area contributed by atoms with Gasteiger partial charge in [0.1, 0.15) is 6.04 Å². The number of amides is 3. The lowest BCUT2D eigenvalue weighted by Gasteiger charge is -2.17. The van der Waals surface area contributed by atoms with Gasteiger partial charge in [-0.05, 0) is 37.3 Å². The Labute approximate surface area is 209 Å². The summed E-state index contributed by atoms with van der Waals surface area (Å²) in [5.41, 5.74) is 1.56. The fourth-order valence-electron chi connectivity index (χ4n) is 3.21. The molecule has 0 aliphatic carbocycles. The first-order valence-electron chi connectivity index (χ1n) is 11.7. The molecule has 1 aromatic heterocycles. The molecule has 1 atom stereocenters. The number of benzene rings is 2. The molecule has 0 radical (unpaired) electrons. The largest absolute Gasteiger partial charge is 0.352 e. The molecule has 3 rings (SSSR count). The van der Waals surface area contributed by atoms with Gasteiger partial charge in [-0.1, -0.05) is 51.1 Å². The molecule has 0 saturated carbocycles. The summed E-state index contributed by atoms with van der Waals surface area (Å²) < 4.78 is 1.15. The molecule has 1 unspecified atom stereocenters. The topological polar surface area (TPSA) is 122 Å². The lowest BCUT2D eigenvalue weighted by molar-refractivity contribution is -0.124. The van der Waals surface area contributed by atoms with Crippen molar-refractivity contribution in [2.75, 3.05) is 18.4 Å². The number of anilines is 1. The van der Waals surface area contributed by atoms with Crippen molar-refractivity contribution in [3.8, 4) is 11.3 Å². The minimum atomic E-state index is -0.826. The minimum Gasteiger partial charge on any atom is -0.352 e. The molecule has 36 heavy (non-hydrogen) atoms. The third kappa shape index (κ3) is 6.88. The summed E-state index contributed by atoms with van der Waals surface area (Å²) in [6.45, 7) is 7.44. The van der Waals surface area contributed by atoms with Crippen molar-refractivity contribution in [1.82, 2.24) is 20.4 Å². The minimum absolute atomic E-state index is 0.117. The highest BCUT2D eigenvalue weighted by Crippen LogP contribution is 2.18. The Hall–Kier alpha value is -4.27. The van der Waals surface area contributed by atoms with Crippen molar-refractivity contribution < 1.29 is 14.4 Å². The molecule has 0 spiro atoms. The zero-order chi connectivity index (χ0) is 26.3. The van der Waals surface area contributed by atoms with Crippen molar-refractivity contribution in [3.05, 3.63) is 82.6 Å². The van der Waals surface area contributed by atoms with Crippen LogP contribution >= 0.6 is 0 Å². The fraction of sp³-hybridized carbons (Fsp3) is 0.296. The second-order valence-electron chi connectivity index (χ2n) is 9.37. The summed E-state index contributed by atoms with van der Waals surface area (Å²) in [6, 6.07) is 18.1. The Morgan fingerprint density at radius 2 is 1.53 bits per heavy atom. The Kier molecular flexibility index (Phi) is 8.37. The molecule has 3 aromatic rings. The summed E-state index contributed by atoms with van der Waals surface area (Å²) in [7, 11) is 0. The van der Waals surface area contributed by atoms with Crippen LogP contribution in [0.1, 0.15) is 44.1 Å². The highest BCUT2D eigenvalue weighted by molar-refractivity contribution is 5.97. The monoisotopic (exact) mass is 489 g/mol. The number of carbonyl (C=O) groups excluding carboxylic acids is 3. The van der Waals surface area contributed by atoms with Crippen LogP contribution in [0.2, 0.25) is 0 Å². The summed E-state index contributed by atoms with van der Waals surface area (Å²) in [5.74, 6) is -0.809. The van der Waals surface area contributed by atoms with Gasteiger partial charge in [0.2, 0.25) is 11.8 Å². The van der Waals surface area contributed by atoms with Gasteiger partial charge >= 0.3 is 0 Å². The smallest absolute Gasteiger partial charge is 0.267 e. The van der Waals surface area contributed by atoms with Crippen molar-refractivity contribution in [1.29, 1.82) is 0 Å². The van der Waals surface area contributed by atoms with E-state index >= 15 is 0 Å². The van der Waals surface area contributed by atoms with Crippen molar-refractivity contribution >= 4 is 23.4 Å². The van der Waals surface area contributed by atoms with E-state index in [1.807, 2.05) is 51.1 Å². The van der Waals surface area contributed by atoms with E-state index in [0.717, 1.165) is 10.2 Å².